The Hall–Kier alpha value is -0.0800. The minimum atomic E-state index is 0.665. The Morgan fingerprint density at radius 3 is 2.67 bits per heavy atom. The van der Waals surface area contributed by atoms with E-state index in [4.69, 9.17) is 5.73 Å². The van der Waals surface area contributed by atoms with Crippen molar-refractivity contribution in [2.45, 2.75) is 77.3 Å². The summed E-state index contributed by atoms with van der Waals surface area (Å²) in [5.74, 6) is 1.79. The maximum absolute atomic E-state index is 6.16. The van der Waals surface area contributed by atoms with Gasteiger partial charge in [-0.3, -0.25) is 4.90 Å². The number of nitrogens with zero attached hydrogens (tertiary/aromatic N) is 1. The zero-order valence-electron chi connectivity index (χ0n) is 12.4. The largest absolute Gasteiger partial charge is 0.329 e. The van der Waals surface area contributed by atoms with Crippen molar-refractivity contribution in [2.24, 2.45) is 17.6 Å². The summed E-state index contributed by atoms with van der Waals surface area (Å²) >= 11 is 0. The second kappa shape index (κ2) is 6.91. The van der Waals surface area contributed by atoms with Crippen molar-refractivity contribution in [3.8, 4) is 0 Å². The second-order valence-corrected chi connectivity index (χ2v) is 6.63. The SMILES string of the molecule is CCC1CCCCN1C(CN)C1CCCC(C)C1. The summed E-state index contributed by atoms with van der Waals surface area (Å²) in [6.45, 7) is 6.94. The van der Waals surface area contributed by atoms with E-state index in [0.717, 1.165) is 24.4 Å². The van der Waals surface area contributed by atoms with E-state index in [9.17, 15) is 0 Å². The number of hydrogen-bond donors (Lipinski definition) is 1. The molecule has 1 heterocycles. The van der Waals surface area contributed by atoms with Crippen LogP contribution in [0.4, 0.5) is 0 Å². The topological polar surface area (TPSA) is 29.3 Å². The first-order chi connectivity index (χ1) is 8.76. The number of rotatable bonds is 4. The van der Waals surface area contributed by atoms with Crippen molar-refractivity contribution in [3.63, 3.8) is 0 Å². The third-order valence-electron chi connectivity index (χ3n) is 5.33. The van der Waals surface area contributed by atoms with Crippen molar-refractivity contribution < 1.29 is 0 Å². The molecule has 2 nitrogen and oxygen atoms in total. The first kappa shape index (κ1) is 14.3. The summed E-state index contributed by atoms with van der Waals surface area (Å²) in [6, 6.07) is 1.47. The third kappa shape index (κ3) is 3.27. The third-order valence-corrected chi connectivity index (χ3v) is 5.33. The Kier molecular flexibility index (Phi) is 5.50. The van der Waals surface area contributed by atoms with E-state index in [1.807, 2.05) is 0 Å². The summed E-state index contributed by atoms with van der Waals surface area (Å²) < 4.78 is 0. The highest BCUT2D eigenvalue weighted by atomic mass is 15.2. The van der Waals surface area contributed by atoms with Crippen molar-refractivity contribution in [3.05, 3.63) is 0 Å². The van der Waals surface area contributed by atoms with Crippen molar-refractivity contribution in [2.75, 3.05) is 13.1 Å². The van der Waals surface area contributed by atoms with E-state index < -0.39 is 0 Å². The molecule has 0 radical (unpaired) electrons. The molecular weight excluding hydrogens is 220 g/mol. The second-order valence-electron chi connectivity index (χ2n) is 6.63. The molecule has 0 aromatic heterocycles. The van der Waals surface area contributed by atoms with Gasteiger partial charge in [-0.15, -0.1) is 0 Å². The Bertz CT molecular complexity index is 241. The molecule has 2 fully saturated rings. The maximum atomic E-state index is 6.16. The van der Waals surface area contributed by atoms with Crippen molar-refractivity contribution in [1.29, 1.82) is 0 Å². The Morgan fingerprint density at radius 1 is 1.17 bits per heavy atom. The minimum absolute atomic E-state index is 0.665. The van der Waals surface area contributed by atoms with Gasteiger partial charge in [-0.05, 0) is 50.5 Å². The van der Waals surface area contributed by atoms with Crippen LogP contribution in [0.3, 0.4) is 0 Å². The number of likely N-dealkylation sites (tertiary alicyclic amines) is 1. The molecule has 0 aromatic rings. The van der Waals surface area contributed by atoms with E-state index in [1.165, 1.54) is 57.9 Å². The normalized spacial score (nSPS) is 36.5. The van der Waals surface area contributed by atoms with E-state index in [0.29, 0.717) is 6.04 Å². The monoisotopic (exact) mass is 252 g/mol. The molecule has 1 saturated heterocycles. The average Bonchev–Trinajstić information content (AvgIpc) is 2.40. The summed E-state index contributed by atoms with van der Waals surface area (Å²) in [4.78, 5) is 2.78. The van der Waals surface area contributed by atoms with Crippen LogP contribution in [0.2, 0.25) is 0 Å². The molecular formula is C16H32N2. The summed E-state index contributed by atoms with van der Waals surface area (Å²) in [7, 11) is 0. The molecule has 106 valence electrons. The van der Waals surface area contributed by atoms with E-state index in [-0.39, 0.29) is 0 Å². The van der Waals surface area contributed by atoms with Crippen molar-refractivity contribution in [1.82, 2.24) is 4.90 Å². The van der Waals surface area contributed by atoms with Gasteiger partial charge < -0.3 is 5.73 Å². The zero-order valence-corrected chi connectivity index (χ0v) is 12.4. The van der Waals surface area contributed by atoms with Gasteiger partial charge in [0.1, 0.15) is 0 Å². The van der Waals surface area contributed by atoms with E-state index in [1.54, 1.807) is 0 Å². The molecule has 1 aliphatic carbocycles. The van der Waals surface area contributed by atoms with Gasteiger partial charge in [0.05, 0.1) is 0 Å². The highest BCUT2D eigenvalue weighted by molar-refractivity contribution is 4.89. The van der Waals surface area contributed by atoms with Gasteiger partial charge >= 0.3 is 0 Å². The molecule has 4 unspecified atom stereocenters. The molecule has 0 amide bonds. The molecule has 1 aliphatic heterocycles. The molecule has 18 heavy (non-hydrogen) atoms. The lowest BCUT2D eigenvalue weighted by Crippen LogP contribution is -2.53. The molecule has 2 aliphatic rings. The van der Waals surface area contributed by atoms with Crippen molar-refractivity contribution >= 4 is 0 Å². The zero-order chi connectivity index (χ0) is 13.0. The van der Waals surface area contributed by atoms with Gasteiger partial charge in [-0.25, -0.2) is 0 Å². The Labute approximate surface area is 113 Å². The fourth-order valence-corrected chi connectivity index (χ4v) is 4.33. The molecule has 2 rings (SSSR count). The number of nitrogens with two attached hydrogens (primary N) is 1. The van der Waals surface area contributed by atoms with E-state index >= 15 is 0 Å². The van der Waals surface area contributed by atoms with Gasteiger partial charge in [-0.2, -0.15) is 0 Å². The summed E-state index contributed by atoms with van der Waals surface area (Å²) in [6.07, 6.45) is 11.2. The van der Waals surface area contributed by atoms with Gasteiger partial charge in [0, 0.05) is 18.6 Å². The molecule has 0 spiro atoms. The fourth-order valence-electron chi connectivity index (χ4n) is 4.33. The van der Waals surface area contributed by atoms with Crippen LogP contribution in [0.25, 0.3) is 0 Å². The smallest absolute Gasteiger partial charge is 0.0249 e. The lowest BCUT2D eigenvalue weighted by Gasteiger charge is -2.45. The van der Waals surface area contributed by atoms with Gasteiger partial charge in [-0.1, -0.05) is 33.1 Å². The van der Waals surface area contributed by atoms with Gasteiger partial charge in [0.2, 0.25) is 0 Å². The van der Waals surface area contributed by atoms with Crippen LogP contribution in [0.15, 0.2) is 0 Å². The lowest BCUT2D eigenvalue weighted by molar-refractivity contribution is 0.0441. The first-order valence-corrected chi connectivity index (χ1v) is 8.22. The summed E-state index contributed by atoms with van der Waals surface area (Å²) in [5.41, 5.74) is 6.16. The van der Waals surface area contributed by atoms with Gasteiger partial charge in [0.15, 0.2) is 0 Å². The van der Waals surface area contributed by atoms with E-state index in [2.05, 4.69) is 18.7 Å². The molecule has 0 aromatic carbocycles. The highest BCUT2D eigenvalue weighted by Gasteiger charge is 2.33. The lowest BCUT2D eigenvalue weighted by atomic mass is 9.77. The molecule has 4 atom stereocenters. The average molecular weight is 252 g/mol. The van der Waals surface area contributed by atoms with Crippen LogP contribution < -0.4 is 5.73 Å². The van der Waals surface area contributed by atoms with Crippen LogP contribution >= 0.6 is 0 Å². The van der Waals surface area contributed by atoms with Crippen LogP contribution in [0, 0.1) is 11.8 Å². The van der Waals surface area contributed by atoms with Gasteiger partial charge in [0.25, 0.3) is 0 Å². The first-order valence-electron chi connectivity index (χ1n) is 8.22. The minimum Gasteiger partial charge on any atom is -0.329 e. The quantitative estimate of drug-likeness (QED) is 0.831. The molecule has 1 saturated carbocycles. The molecule has 0 bridgehead atoms. The number of piperidine rings is 1. The fraction of sp³-hybridized carbons (Fsp3) is 1.00. The predicted octanol–water partition coefficient (Wildman–Crippen LogP) is 3.40. The molecule has 2 heteroatoms. The van der Waals surface area contributed by atoms with Crippen LogP contribution in [0.1, 0.15) is 65.2 Å². The van der Waals surface area contributed by atoms with Crippen LogP contribution in [-0.2, 0) is 0 Å². The Balaban J connectivity index is 2.01. The standard InChI is InChI=1S/C16H32N2/c1-3-15-9-4-5-10-18(15)16(12-17)14-8-6-7-13(2)11-14/h13-16H,3-12,17H2,1-2H3. The maximum Gasteiger partial charge on any atom is 0.0249 e. The van der Waals surface area contributed by atoms with Crippen LogP contribution in [-0.4, -0.2) is 30.1 Å². The number of hydrogen-bond acceptors (Lipinski definition) is 2. The Morgan fingerprint density at radius 2 is 2.00 bits per heavy atom. The molecule has 2 N–H and O–H groups in total. The predicted molar refractivity (Wildman–Crippen MR) is 78.6 cm³/mol. The summed E-state index contributed by atoms with van der Waals surface area (Å²) in [5, 5.41) is 0. The van der Waals surface area contributed by atoms with Crippen LogP contribution in [0.5, 0.6) is 0 Å². The highest BCUT2D eigenvalue weighted by Crippen LogP contribution is 2.35.